The average Bonchev–Trinajstić information content (AvgIpc) is 3.02. The van der Waals surface area contributed by atoms with Gasteiger partial charge in [0.1, 0.15) is 18.9 Å². The molecule has 0 fully saturated rings. The quantitative estimate of drug-likeness (QED) is 0.360. The Kier molecular flexibility index (Phi) is 7.76. The van der Waals surface area contributed by atoms with E-state index in [0.717, 1.165) is 10.3 Å². The molecule has 11 heteroatoms. The summed E-state index contributed by atoms with van der Waals surface area (Å²) in [6.07, 6.45) is 0.204. The van der Waals surface area contributed by atoms with Crippen molar-refractivity contribution in [1.29, 1.82) is 0 Å². The Morgan fingerprint density at radius 3 is 2.37 bits per heavy atom. The van der Waals surface area contributed by atoms with Gasteiger partial charge in [-0.05, 0) is 29.0 Å². The maximum absolute atomic E-state index is 13.7. The molecule has 1 heterocycles. The number of nitrogens with one attached hydrogen (secondary N) is 2. The monoisotopic (exact) mass is 516 g/mol. The number of hydrogen-bond donors (Lipinski definition) is 3. The molecule has 3 N–H and O–H groups in total. The first-order valence-electron chi connectivity index (χ1n) is 11.7. The van der Waals surface area contributed by atoms with Crippen molar-refractivity contribution < 1.29 is 33.9 Å². The van der Waals surface area contributed by atoms with Crippen LogP contribution in [0.25, 0.3) is 10.8 Å². The first-order valence-corrected chi connectivity index (χ1v) is 11.7. The number of aliphatic carboxylic acids is 1. The zero-order valence-electron chi connectivity index (χ0n) is 20.1. The molecule has 11 nitrogen and oxygen atoms in total. The molecule has 0 radical (unpaired) electrons. The van der Waals surface area contributed by atoms with Crippen LogP contribution in [0.1, 0.15) is 16.8 Å². The van der Waals surface area contributed by atoms with Crippen molar-refractivity contribution in [3.63, 3.8) is 0 Å². The van der Waals surface area contributed by atoms with Gasteiger partial charge < -0.3 is 25.4 Å². The van der Waals surface area contributed by atoms with Gasteiger partial charge in [-0.3, -0.25) is 28.9 Å². The largest absolute Gasteiger partial charge is 0.481 e. The third-order valence-corrected chi connectivity index (χ3v) is 6.10. The van der Waals surface area contributed by atoms with Crippen molar-refractivity contribution in [3.8, 4) is 0 Å². The third-order valence-electron chi connectivity index (χ3n) is 6.10. The molecule has 0 aromatic heterocycles. The molecule has 1 aliphatic heterocycles. The molecule has 1 aliphatic rings. The van der Waals surface area contributed by atoms with Crippen LogP contribution in [0.3, 0.4) is 0 Å². The Hall–Kier alpha value is -5.06. The minimum Gasteiger partial charge on any atom is -0.481 e. The second-order valence-corrected chi connectivity index (χ2v) is 8.63. The zero-order valence-corrected chi connectivity index (χ0v) is 20.1. The minimum absolute atomic E-state index is 0.191. The van der Waals surface area contributed by atoms with Crippen molar-refractivity contribution in [1.82, 2.24) is 10.6 Å². The number of carbonyl (C=O) groups excluding carboxylic acids is 5. The lowest BCUT2D eigenvalue weighted by Crippen LogP contribution is -2.54. The fraction of sp³-hybridized carbons (Fsp3) is 0.185. The normalized spacial score (nSPS) is 15.7. The van der Waals surface area contributed by atoms with E-state index >= 15 is 0 Å². The summed E-state index contributed by atoms with van der Waals surface area (Å²) in [6, 6.07) is 16.4. The highest BCUT2D eigenvalue weighted by Crippen LogP contribution is 2.32. The van der Waals surface area contributed by atoms with Gasteiger partial charge in [0.05, 0.1) is 30.4 Å². The standard InChI is InChI=1S/C27H24N4O7/c32-15-18(12-25(35)36)28-24(34)14-31-23-11-4-3-10-22(23)30(16-33)13-21(27(31)38)29-26(37)20-9-5-7-17-6-1-2-8-19(17)20/h1-11,15-16,18,21H,12-14H2,(H,28,34)(H,29,37)(H,35,36)/t18-,21-/m0/s1. The topological polar surface area (TPSA) is 153 Å². The number of benzene rings is 3. The van der Waals surface area contributed by atoms with E-state index in [1.54, 1.807) is 48.5 Å². The number of anilines is 2. The van der Waals surface area contributed by atoms with Crippen molar-refractivity contribution in [2.24, 2.45) is 0 Å². The van der Waals surface area contributed by atoms with Crippen LogP contribution in [0.15, 0.2) is 66.7 Å². The van der Waals surface area contributed by atoms with Crippen LogP contribution in [0.4, 0.5) is 11.4 Å². The number of rotatable bonds is 9. The van der Waals surface area contributed by atoms with E-state index in [1.807, 2.05) is 18.2 Å². The zero-order chi connectivity index (χ0) is 27.2. The van der Waals surface area contributed by atoms with Crippen LogP contribution in [0, 0.1) is 0 Å². The predicted molar refractivity (Wildman–Crippen MR) is 138 cm³/mol. The number of amides is 4. The van der Waals surface area contributed by atoms with Gasteiger partial charge in [0.25, 0.3) is 11.8 Å². The Morgan fingerprint density at radius 1 is 0.974 bits per heavy atom. The van der Waals surface area contributed by atoms with Crippen molar-refractivity contribution in [2.45, 2.75) is 18.5 Å². The Morgan fingerprint density at radius 2 is 1.66 bits per heavy atom. The molecule has 2 atom stereocenters. The van der Waals surface area contributed by atoms with E-state index in [-0.39, 0.29) is 12.2 Å². The Labute approximate surface area is 217 Å². The molecule has 3 aromatic rings. The highest BCUT2D eigenvalue weighted by Gasteiger charge is 2.36. The molecule has 0 saturated heterocycles. The molecule has 0 aliphatic carbocycles. The number of hydrogen-bond acceptors (Lipinski definition) is 6. The molecule has 4 rings (SSSR count). The molecule has 38 heavy (non-hydrogen) atoms. The smallest absolute Gasteiger partial charge is 0.305 e. The van der Waals surface area contributed by atoms with E-state index in [1.165, 1.54) is 4.90 Å². The van der Waals surface area contributed by atoms with Crippen molar-refractivity contribution >= 4 is 58.5 Å². The van der Waals surface area contributed by atoms with Gasteiger partial charge in [-0.15, -0.1) is 0 Å². The summed E-state index contributed by atoms with van der Waals surface area (Å²) < 4.78 is 0. The first-order chi connectivity index (χ1) is 18.3. The summed E-state index contributed by atoms with van der Waals surface area (Å²) in [7, 11) is 0. The summed E-state index contributed by atoms with van der Waals surface area (Å²) in [4.78, 5) is 76.3. The molecule has 4 amide bonds. The first kappa shape index (κ1) is 26.0. The second kappa shape index (κ2) is 11.3. The van der Waals surface area contributed by atoms with Crippen LogP contribution < -0.4 is 20.4 Å². The fourth-order valence-corrected chi connectivity index (χ4v) is 4.36. The summed E-state index contributed by atoms with van der Waals surface area (Å²) in [5.74, 6) is -3.27. The van der Waals surface area contributed by atoms with Crippen LogP contribution in [0.5, 0.6) is 0 Å². The lowest BCUT2D eigenvalue weighted by molar-refractivity contribution is -0.138. The molecule has 0 saturated carbocycles. The highest BCUT2D eigenvalue weighted by atomic mass is 16.4. The Balaban J connectivity index is 1.64. The van der Waals surface area contributed by atoms with Gasteiger partial charge in [0, 0.05) is 5.56 Å². The van der Waals surface area contributed by atoms with Gasteiger partial charge in [-0.2, -0.15) is 0 Å². The van der Waals surface area contributed by atoms with Gasteiger partial charge in [-0.25, -0.2) is 0 Å². The van der Waals surface area contributed by atoms with Crippen LogP contribution >= 0.6 is 0 Å². The van der Waals surface area contributed by atoms with E-state index in [2.05, 4.69) is 10.6 Å². The van der Waals surface area contributed by atoms with Crippen LogP contribution in [-0.4, -0.2) is 66.7 Å². The number of nitrogens with zero attached hydrogens (tertiary/aromatic N) is 2. The van der Waals surface area contributed by atoms with E-state index in [0.29, 0.717) is 29.3 Å². The SMILES string of the molecule is O=C[C@H](CC(=O)O)NC(=O)CN1C(=O)[C@@H](NC(=O)c2cccc3ccccc23)CN(C=O)c2ccccc21. The summed E-state index contributed by atoms with van der Waals surface area (Å²) in [6.45, 7) is -0.767. The van der Waals surface area contributed by atoms with Crippen LogP contribution in [0.2, 0.25) is 0 Å². The molecule has 194 valence electrons. The van der Waals surface area contributed by atoms with E-state index in [9.17, 15) is 28.8 Å². The molecular formula is C27H24N4O7. The molecule has 0 bridgehead atoms. The second-order valence-electron chi connectivity index (χ2n) is 8.63. The summed E-state index contributed by atoms with van der Waals surface area (Å²) >= 11 is 0. The average molecular weight is 517 g/mol. The predicted octanol–water partition coefficient (Wildman–Crippen LogP) is 1.11. The van der Waals surface area contributed by atoms with Gasteiger partial charge in [0.15, 0.2) is 0 Å². The number of fused-ring (bicyclic) bond motifs is 2. The molecule has 3 aromatic carbocycles. The molecule has 0 spiro atoms. The highest BCUT2D eigenvalue weighted by molar-refractivity contribution is 6.12. The van der Waals surface area contributed by atoms with Crippen molar-refractivity contribution in [2.75, 3.05) is 22.9 Å². The van der Waals surface area contributed by atoms with Gasteiger partial charge in [-0.1, -0.05) is 48.5 Å². The number of carboxylic acid groups (broad SMARTS) is 1. The Bertz CT molecular complexity index is 1420. The van der Waals surface area contributed by atoms with E-state index in [4.69, 9.17) is 5.11 Å². The van der Waals surface area contributed by atoms with Gasteiger partial charge >= 0.3 is 5.97 Å². The number of para-hydroxylation sites is 2. The van der Waals surface area contributed by atoms with E-state index < -0.39 is 48.7 Å². The summed E-state index contributed by atoms with van der Waals surface area (Å²) in [5.41, 5.74) is 0.910. The lowest BCUT2D eigenvalue weighted by Gasteiger charge is -2.25. The molecule has 0 unspecified atom stereocenters. The maximum atomic E-state index is 13.7. The number of carbonyl (C=O) groups is 6. The minimum atomic E-state index is -1.29. The number of carboxylic acids is 1. The summed E-state index contributed by atoms with van der Waals surface area (Å²) in [5, 5.41) is 15.4. The third kappa shape index (κ3) is 5.51. The van der Waals surface area contributed by atoms with Gasteiger partial charge in [0.2, 0.25) is 12.3 Å². The van der Waals surface area contributed by atoms with Crippen LogP contribution in [-0.2, 0) is 24.0 Å². The van der Waals surface area contributed by atoms with Crippen molar-refractivity contribution in [3.05, 3.63) is 72.3 Å². The number of aldehydes is 1. The maximum Gasteiger partial charge on any atom is 0.305 e. The molecular weight excluding hydrogens is 492 g/mol. The lowest BCUT2D eigenvalue weighted by atomic mass is 10.0. The fourth-order valence-electron chi connectivity index (χ4n) is 4.36.